The molecule has 22 heavy (non-hydrogen) atoms. The highest BCUT2D eigenvalue weighted by atomic mass is 19.1. The molecule has 1 aliphatic heterocycles. The van der Waals surface area contributed by atoms with Crippen LogP contribution in [0.2, 0.25) is 0 Å². The number of aliphatic carboxylic acids is 1. The van der Waals surface area contributed by atoms with Crippen LogP contribution in [0.15, 0.2) is 18.2 Å². The molecule has 1 saturated heterocycles. The minimum absolute atomic E-state index is 0.0881. The largest absolute Gasteiger partial charge is 0.481 e. The van der Waals surface area contributed by atoms with Crippen LogP contribution in [-0.2, 0) is 16.0 Å². The van der Waals surface area contributed by atoms with Crippen molar-refractivity contribution < 1.29 is 23.5 Å². The van der Waals surface area contributed by atoms with Crippen LogP contribution < -0.4 is 0 Å². The van der Waals surface area contributed by atoms with Crippen LogP contribution in [0.5, 0.6) is 0 Å². The van der Waals surface area contributed by atoms with Crippen molar-refractivity contribution in [1.29, 1.82) is 0 Å². The van der Waals surface area contributed by atoms with E-state index in [4.69, 9.17) is 5.11 Å². The predicted octanol–water partition coefficient (Wildman–Crippen LogP) is 2.47. The molecular formula is C16H19F2NO3. The van der Waals surface area contributed by atoms with Gasteiger partial charge >= 0.3 is 5.97 Å². The highest BCUT2D eigenvalue weighted by Crippen LogP contribution is 2.24. The first-order valence-electron chi connectivity index (χ1n) is 7.33. The number of hydrogen-bond donors (Lipinski definition) is 1. The smallest absolute Gasteiger partial charge is 0.306 e. The van der Waals surface area contributed by atoms with E-state index in [1.54, 1.807) is 4.90 Å². The van der Waals surface area contributed by atoms with E-state index in [0.717, 1.165) is 18.2 Å². The third-order valence-electron chi connectivity index (χ3n) is 4.19. The number of carbonyl (C=O) groups excluding carboxylic acids is 1. The lowest BCUT2D eigenvalue weighted by molar-refractivity contribution is -0.148. The highest BCUT2D eigenvalue weighted by molar-refractivity contribution is 5.77. The Kier molecular flexibility index (Phi) is 5.11. The zero-order chi connectivity index (χ0) is 16.3. The molecule has 0 aliphatic carbocycles. The summed E-state index contributed by atoms with van der Waals surface area (Å²) >= 11 is 0. The lowest BCUT2D eigenvalue weighted by Crippen LogP contribution is -2.45. The summed E-state index contributed by atoms with van der Waals surface area (Å²) in [6.45, 7) is 2.59. The summed E-state index contributed by atoms with van der Waals surface area (Å²) in [5, 5.41) is 9.06. The van der Waals surface area contributed by atoms with Gasteiger partial charge in [0.2, 0.25) is 5.91 Å². The van der Waals surface area contributed by atoms with E-state index in [1.165, 1.54) is 0 Å². The maximum atomic E-state index is 13.5. The number of amides is 1. The maximum Gasteiger partial charge on any atom is 0.306 e. The number of nitrogens with zero attached hydrogens (tertiary/aromatic N) is 1. The van der Waals surface area contributed by atoms with E-state index < -0.39 is 23.5 Å². The van der Waals surface area contributed by atoms with Gasteiger partial charge in [-0.1, -0.05) is 6.92 Å². The summed E-state index contributed by atoms with van der Waals surface area (Å²) in [5.74, 6) is -2.57. The van der Waals surface area contributed by atoms with Gasteiger partial charge in [0.25, 0.3) is 0 Å². The first kappa shape index (κ1) is 16.4. The molecule has 2 unspecified atom stereocenters. The molecule has 0 spiro atoms. The molecule has 1 fully saturated rings. The van der Waals surface area contributed by atoms with E-state index >= 15 is 0 Å². The van der Waals surface area contributed by atoms with Gasteiger partial charge in [-0.3, -0.25) is 9.59 Å². The van der Waals surface area contributed by atoms with Gasteiger partial charge in [0.1, 0.15) is 11.6 Å². The predicted molar refractivity (Wildman–Crippen MR) is 76.2 cm³/mol. The van der Waals surface area contributed by atoms with E-state index in [0.29, 0.717) is 19.5 Å². The summed E-state index contributed by atoms with van der Waals surface area (Å²) in [6.07, 6.45) is 0.650. The van der Waals surface area contributed by atoms with Gasteiger partial charge in [0, 0.05) is 19.5 Å². The zero-order valence-corrected chi connectivity index (χ0v) is 12.4. The van der Waals surface area contributed by atoms with Crippen molar-refractivity contribution in [3.8, 4) is 0 Å². The number of carboxylic acids is 1. The SMILES string of the molecule is CC1CN(C(=O)CCc2cc(F)ccc2F)CCC1C(=O)O. The molecule has 1 heterocycles. The van der Waals surface area contributed by atoms with Gasteiger partial charge < -0.3 is 10.0 Å². The fraction of sp³-hybridized carbons (Fsp3) is 0.500. The number of likely N-dealkylation sites (tertiary alicyclic amines) is 1. The van der Waals surface area contributed by atoms with Crippen LogP contribution in [0.1, 0.15) is 25.3 Å². The summed E-state index contributed by atoms with van der Waals surface area (Å²) in [6, 6.07) is 3.19. The lowest BCUT2D eigenvalue weighted by Gasteiger charge is -2.35. The van der Waals surface area contributed by atoms with Crippen LogP contribution in [0.3, 0.4) is 0 Å². The number of halogens is 2. The van der Waals surface area contributed by atoms with Crippen LogP contribution in [0, 0.1) is 23.5 Å². The average molecular weight is 311 g/mol. The van der Waals surface area contributed by atoms with Gasteiger partial charge in [-0.15, -0.1) is 0 Å². The van der Waals surface area contributed by atoms with Gasteiger partial charge in [0.05, 0.1) is 5.92 Å². The monoisotopic (exact) mass is 311 g/mol. The maximum absolute atomic E-state index is 13.5. The molecule has 120 valence electrons. The number of benzene rings is 1. The third kappa shape index (κ3) is 3.81. The Morgan fingerprint density at radius 1 is 1.36 bits per heavy atom. The Balaban J connectivity index is 1.91. The number of rotatable bonds is 4. The first-order chi connectivity index (χ1) is 10.4. The van der Waals surface area contributed by atoms with Crippen molar-refractivity contribution in [3.05, 3.63) is 35.4 Å². The molecule has 2 atom stereocenters. The molecule has 1 N–H and O–H groups in total. The van der Waals surface area contributed by atoms with Gasteiger partial charge in [-0.05, 0) is 42.5 Å². The molecule has 1 aromatic rings. The number of piperidine rings is 1. The molecule has 1 aliphatic rings. The fourth-order valence-electron chi connectivity index (χ4n) is 2.87. The Labute approximate surface area is 127 Å². The Hall–Kier alpha value is -1.98. The van der Waals surface area contributed by atoms with E-state index in [9.17, 15) is 18.4 Å². The molecule has 0 radical (unpaired) electrons. The number of carboxylic acid groups (broad SMARTS) is 1. The molecule has 0 aromatic heterocycles. The summed E-state index contributed by atoms with van der Waals surface area (Å²) in [5.41, 5.74) is 0.182. The van der Waals surface area contributed by atoms with Crippen molar-refractivity contribution in [2.75, 3.05) is 13.1 Å². The van der Waals surface area contributed by atoms with Gasteiger partial charge in [-0.2, -0.15) is 0 Å². The molecule has 1 amide bonds. The minimum Gasteiger partial charge on any atom is -0.481 e. The standard InChI is InChI=1S/C16H19F2NO3/c1-10-9-19(7-6-13(10)16(21)22)15(20)5-2-11-8-12(17)3-4-14(11)18/h3-4,8,10,13H,2,5-7,9H2,1H3,(H,21,22). The lowest BCUT2D eigenvalue weighted by atomic mass is 9.87. The van der Waals surface area contributed by atoms with E-state index in [-0.39, 0.29) is 30.2 Å². The summed E-state index contributed by atoms with van der Waals surface area (Å²) < 4.78 is 26.6. The molecular weight excluding hydrogens is 292 g/mol. The van der Waals surface area contributed by atoms with Crippen molar-refractivity contribution in [3.63, 3.8) is 0 Å². The number of aryl methyl sites for hydroxylation is 1. The minimum atomic E-state index is -0.832. The third-order valence-corrected chi connectivity index (χ3v) is 4.19. The van der Waals surface area contributed by atoms with Crippen LogP contribution in [0.25, 0.3) is 0 Å². The first-order valence-corrected chi connectivity index (χ1v) is 7.33. The topological polar surface area (TPSA) is 57.6 Å². The second-order valence-electron chi connectivity index (χ2n) is 5.79. The normalized spacial score (nSPS) is 21.7. The van der Waals surface area contributed by atoms with Crippen molar-refractivity contribution >= 4 is 11.9 Å². The number of carbonyl (C=O) groups is 2. The van der Waals surface area contributed by atoms with Crippen LogP contribution in [-0.4, -0.2) is 35.0 Å². The molecule has 0 bridgehead atoms. The second kappa shape index (κ2) is 6.85. The molecule has 1 aromatic carbocycles. The van der Waals surface area contributed by atoms with Crippen LogP contribution >= 0.6 is 0 Å². The van der Waals surface area contributed by atoms with E-state index in [2.05, 4.69) is 0 Å². The van der Waals surface area contributed by atoms with Gasteiger partial charge in [-0.25, -0.2) is 8.78 Å². The molecule has 2 rings (SSSR count). The van der Waals surface area contributed by atoms with E-state index in [1.807, 2.05) is 6.92 Å². The quantitative estimate of drug-likeness (QED) is 0.929. The highest BCUT2D eigenvalue weighted by Gasteiger charge is 2.32. The second-order valence-corrected chi connectivity index (χ2v) is 5.79. The molecule has 4 nitrogen and oxygen atoms in total. The molecule has 6 heteroatoms. The van der Waals surface area contributed by atoms with Gasteiger partial charge in [0.15, 0.2) is 0 Å². The Morgan fingerprint density at radius 2 is 2.09 bits per heavy atom. The van der Waals surface area contributed by atoms with Crippen molar-refractivity contribution in [2.24, 2.45) is 11.8 Å². The average Bonchev–Trinajstić information content (AvgIpc) is 2.47. The Morgan fingerprint density at radius 3 is 2.73 bits per heavy atom. The fourth-order valence-corrected chi connectivity index (χ4v) is 2.87. The number of hydrogen-bond acceptors (Lipinski definition) is 2. The Bertz CT molecular complexity index is 577. The van der Waals surface area contributed by atoms with Crippen LogP contribution in [0.4, 0.5) is 8.78 Å². The van der Waals surface area contributed by atoms with Crippen molar-refractivity contribution in [2.45, 2.75) is 26.2 Å². The molecule has 0 saturated carbocycles. The summed E-state index contributed by atoms with van der Waals surface area (Å²) in [7, 11) is 0. The zero-order valence-electron chi connectivity index (χ0n) is 12.4. The van der Waals surface area contributed by atoms with Crippen molar-refractivity contribution in [1.82, 2.24) is 4.90 Å². The summed E-state index contributed by atoms with van der Waals surface area (Å²) in [4.78, 5) is 24.8.